The van der Waals surface area contributed by atoms with E-state index in [4.69, 9.17) is 4.42 Å². The molecule has 7 nitrogen and oxygen atoms in total. The molecule has 0 unspecified atom stereocenters. The predicted molar refractivity (Wildman–Crippen MR) is 133 cm³/mol. The van der Waals surface area contributed by atoms with Crippen LogP contribution in [0, 0.1) is 0 Å². The maximum absolute atomic E-state index is 13.2. The first-order valence-corrected chi connectivity index (χ1v) is 11.1. The molecule has 1 aliphatic rings. The molecule has 0 saturated carbocycles. The van der Waals surface area contributed by atoms with Crippen molar-refractivity contribution in [1.82, 2.24) is 9.47 Å². The summed E-state index contributed by atoms with van der Waals surface area (Å²) in [7, 11) is 1.35. The van der Waals surface area contributed by atoms with Gasteiger partial charge in [-0.05, 0) is 36.4 Å². The number of aromatic nitrogens is 1. The number of carbonyl (C=O) groups excluding carboxylic acids is 3. The Balaban J connectivity index is 1.45. The number of benzene rings is 3. The van der Waals surface area contributed by atoms with E-state index in [0.717, 1.165) is 31.6 Å². The van der Waals surface area contributed by atoms with Crippen molar-refractivity contribution in [2.45, 2.75) is 0 Å². The second-order valence-corrected chi connectivity index (χ2v) is 8.23. The lowest BCUT2D eigenvalue weighted by molar-refractivity contribution is -0.128. The molecular formula is C28H19N3O4. The molecule has 2 aromatic heterocycles. The Bertz CT molecular complexity index is 1620. The van der Waals surface area contributed by atoms with Crippen molar-refractivity contribution >= 4 is 51.4 Å². The molecule has 3 heterocycles. The van der Waals surface area contributed by atoms with Crippen molar-refractivity contribution < 1.29 is 18.8 Å². The minimum absolute atomic E-state index is 0.154. The van der Waals surface area contributed by atoms with E-state index in [1.807, 2.05) is 41.0 Å². The molecule has 4 amide bonds. The second-order valence-electron chi connectivity index (χ2n) is 8.23. The van der Waals surface area contributed by atoms with Gasteiger partial charge in [0, 0.05) is 23.9 Å². The summed E-state index contributed by atoms with van der Waals surface area (Å²) in [6.45, 7) is 0. The lowest BCUT2D eigenvalue weighted by atomic mass is 10.1. The van der Waals surface area contributed by atoms with Gasteiger partial charge in [-0.25, -0.2) is 9.69 Å². The first-order valence-electron chi connectivity index (χ1n) is 11.1. The molecule has 0 atom stereocenters. The summed E-state index contributed by atoms with van der Waals surface area (Å²) < 4.78 is 8.11. The Morgan fingerprint density at radius 1 is 0.686 bits per heavy atom. The molecule has 5 aromatic rings. The average Bonchev–Trinajstić information content (AvgIpc) is 3.48. The van der Waals surface area contributed by atoms with E-state index in [0.29, 0.717) is 17.3 Å². The smallest absolute Gasteiger partial charge is 0.338 e. The van der Waals surface area contributed by atoms with Crippen molar-refractivity contribution in [2.24, 2.45) is 0 Å². The fourth-order valence-electron chi connectivity index (χ4n) is 4.49. The Morgan fingerprint density at radius 3 is 1.94 bits per heavy atom. The number of para-hydroxylation sites is 3. The van der Waals surface area contributed by atoms with E-state index >= 15 is 0 Å². The number of likely N-dealkylation sites (N-methyl/N-ethyl adjacent to an activating group) is 1. The number of rotatable bonds is 3. The van der Waals surface area contributed by atoms with E-state index in [-0.39, 0.29) is 5.57 Å². The van der Waals surface area contributed by atoms with Crippen LogP contribution in [0.4, 0.5) is 10.5 Å². The van der Waals surface area contributed by atoms with E-state index < -0.39 is 17.8 Å². The number of hydrogen-bond acceptors (Lipinski definition) is 4. The molecule has 170 valence electrons. The lowest BCUT2D eigenvalue weighted by Crippen LogP contribution is -2.55. The highest BCUT2D eigenvalue weighted by Gasteiger charge is 2.41. The van der Waals surface area contributed by atoms with Crippen LogP contribution in [0.2, 0.25) is 0 Å². The number of urea groups is 1. The first kappa shape index (κ1) is 20.7. The Labute approximate surface area is 200 Å². The predicted octanol–water partition coefficient (Wildman–Crippen LogP) is 5.39. The zero-order chi connectivity index (χ0) is 24.1. The number of nitrogens with zero attached hydrogens (tertiary/aromatic N) is 3. The number of fused-ring (bicyclic) bond motifs is 3. The van der Waals surface area contributed by atoms with Gasteiger partial charge >= 0.3 is 6.03 Å². The van der Waals surface area contributed by atoms with Crippen LogP contribution < -0.4 is 4.90 Å². The molecule has 0 aliphatic carbocycles. The van der Waals surface area contributed by atoms with E-state index in [9.17, 15) is 14.4 Å². The normalized spacial score (nSPS) is 15.7. The zero-order valence-electron chi connectivity index (χ0n) is 18.7. The summed E-state index contributed by atoms with van der Waals surface area (Å²) in [6.07, 6.45) is 1.39. The molecule has 0 bridgehead atoms. The number of anilines is 1. The van der Waals surface area contributed by atoms with Crippen molar-refractivity contribution in [2.75, 3.05) is 11.9 Å². The van der Waals surface area contributed by atoms with E-state index in [1.165, 1.54) is 13.1 Å². The summed E-state index contributed by atoms with van der Waals surface area (Å²) in [5.74, 6) is -0.496. The van der Waals surface area contributed by atoms with Gasteiger partial charge in [0.15, 0.2) is 0 Å². The van der Waals surface area contributed by atoms with Crippen LogP contribution in [0.15, 0.2) is 101 Å². The fraction of sp³-hybridized carbons (Fsp3) is 0.0357. The minimum Gasteiger partial charge on any atom is -0.440 e. The summed E-state index contributed by atoms with van der Waals surface area (Å²) in [4.78, 5) is 40.7. The number of hydrogen-bond donors (Lipinski definition) is 0. The van der Waals surface area contributed by atoms with Crippen molar-refractivity contribution in [3.8, 4) is 5.88 Å². The van der Waals surface area contributed by atoms with E-state index in [2.05, 4.69) is 12.1 Å². The van der Waals surface area contributed by atoms with Crippen molar-refractivity contribution in [3.63, 3.8) is 0 Å². The maximum Gasteiger partial charge on any atom is 0.338 e. The topological polar surface area (TPSA) is 75.8 Å². The molecule has 3 aromatic carbocycles. The molecule has 0 radical (unpaired) electrons. The van der Waals surface area contributed by atoms with Gasteiger partial charge in [-0.2, -0.15) is 0 Å². The van der Waals surface area contributed by atoms with Crippen LogP contribution in [0.5, 0.6) is 0 Å². The fourth-order valence-corrected chi connectivity index (χ4v) is 4.49. The van der Waals surface area contributed by atoms with Gasteiger partial charge in [-0.1, -0.05) is 54.6 Å². The maximum atomic E-state index is 13.2. The quantitative estimate of drug-likeness (QED) is 0.267. The molecule has 0 N–H and O–H groups in total. The van der Waals surface area contributed by atoms with Crippen LogP contribution in [-0.2, 0) is 9.59 Å². The van der Waals surface area contributed by atoms with Crippen molar-refractivity contribution in [3.05, 3.63) is 102 Å². The third kappa shape index (κ3) is 3.17. The second kappa shape index (κ2) is 7.85. The van der Waals surface area contributed by atoms with Crippen molar-refractivity contribution in [1.29, 1.82) is 0 Å². The Kier molecular flexibility index (Phi) is 4.64. The zero-order valence-corrected chi connectivity index (χ0v) is 18.7. The SMILES string of the molecule is CN1C(=O)/C(=C\c2ccc(-n3c4ccccc4c4ccccc43)o2)C(=O)N(c2ccccc2)C1=O. The van der Waals surface area contributed by atoms with Crippen LogP contribution >= 0.6 is 0 Å². The van der Waals surface area contributed by atoms with Gasteiger partial charge in [0.25, 0.3) is 11.8 Å². The number of amides is 4. The number of furan rings is 1. The van der Waals surface area contributed by atoms with Crippen LogP contribution in [0.1, 0.15) is 5.76 Å². The molecule has 0 spiro atoms. The third-order valence-corrected chi connectivity index (χ3v) is 6.16. The lowest BCUT2D eigenvalue weighted by Gasteiger charge is -2.31. The Morgan fingerprint density at radius 2 is 1.29 bits per heavy atom. The van der Waals surface area contributed by atoms with E-state index in [1.54, 1.807) is 42.5 Å². The van der Waals surface area contributed by atoms with Gasteiger partial charge in [-0.3, -0.25) is 19.1 Å². The molecular weight excluding hydrogens is 442 g/mol. The summed E-state index contributed by atoms with van der Waals surface area (Å²) in [6, 6.07) is 27.4. The monoisotopic (exact) mass is 461 g/mol. The van der Waals surface area contributed by atoms with Crippen LogP contribution in [0.3, 0.4) is 0 Å². The highest BCUT2D eigenvalue weighted by molar-refractivity contribution is 6.38. The molecule has 1 fully saturated rings. The molecule has 35 heavy (non-hydrogen) atoms. The molecule has 1 aliphatic heterocycles. The standard InChI is InChI=1S/C28H19N3O4/c1-29-26(32)22(27(33)30(28(29)34)18-9-3-2-4-10-18)17-19-15-16-25(35-19)31-23-13-7-5-11-20(23)21-12-6-8-14-24(21)31/h2-17H,1H3/b22-17+. The molecule has 7 heteroatoms. The largest absolute Gasteiger partial charge is 0.440 e. The number of barbiturate groups is 1. The minimum atomic E-state index is -0.700. The van der Waals surface area contributed by atoms with Crippen LogP contribution in [0.25, 0.3) is 33.8 Å². The van der Waals surface area contributed by atoms with Gasteiger partial charge in [0.1, 0.15) is 11.3 Å². The highest BCUT2D eigenvalue weighted by Crippen LogP contribution is 2.33. The third-order valence-electron chi connectivity index (χ3n) is 6.16. The average molecular weight is 461 g/mol. The van der Waals surface area contributed by atoms with Gasteiger partial charge < -0.3 is 4.42 Å². The van der Waals surface area contributed by atoms with Gasteiger partial charge in [-0.15, -0.1) is 0 Å². The number of carbonyl (C=O) groups is 3. The summed E-state index contributed by atoms with van der Waals surface area (Å²) in [5, 5.41) is 2.19. The first-order chi connectivity index (χ1) is 17.0. The Hall–Kier alpha value is -4.91. The highest BCUT2D eigenvalue weighted by atomic mass is 16.4. The van der Waals surface area contributed by atoms with Gasteiger partial charge in [0.2, 0.25) is 5.88 Å². The van der Waals surface area contributed by atoms with Gasteiger partial charge in [0.05, 0.1) is 16.7 Å². The number of imide groups is 2. The summed E-state index contributed by atoms with van der Waals surface area (Å²) in [5.41, 5.74) is 2.19. The summed E-state index contributed by atoms with van der Waals surface area (Å²) >= 11 is 0. The molecule has 1 saturated heterocycles. The van der Waals surface area contributed by atoms with Crippen LogP contribution in [-0.4, -0.2) is 34.4 Å². The molecule has 6 rings (SSSR count).